The van der Waals surface area contributed by atoms with Crippen LogP contribution in [-0.2, 0) is 4.79 Å². The maximum absolute atomic E-state index is 12.9. The van der Waals surface area contributed by atoms with E-state index in [-0.39, 0.29) is 24.1 Å². The van der Waals surface area contributed by atoms with E-state index >= 15 is 0 Å². The molecule has 2 aromatic carbocycles. The molecule has 0 bridgehead atoms. The van der Waals surface area contributed by atoms with E-state index in [9.17, 15) is 14.7 Å². The van der Waals surface area contributed by atoms with Crippen LogP contribution >= 0.6 is 0 Å². The van der Waals surface area contributed by atoms with E-state index in [0.29, 0.717) is 12.1 Å². The van der Waals surface area contributed by atoms with Crippen molar-refractivity contribution in [2.24, 2.45) is 5.92 Å². The number of carbonyl (C=O) groups is 2. The zero-order chi connectivity index (χ0) is 18.3. The lowest BCUT2D eigenvalue weighted by atomic mass is 9.89. The van der Waals surface area contributed by atoms with E-state index in [0.717, 1.165) is 16.5 Å². The number of aryl methyl sites for hydroxylation is 1. The van der Waals surface area contributed by atoms with Crippen LogP contribution < -0.4 is 0 Å². The van der Waals surface area contributed by atoms with Crippen LogP contribution in [0, 0.1) is 12.8 Å². The lowest BCUT2D eigenvalue weighted by Crippen LogP contribution is -2.29. The number of hydrogen-bond acceptors (Lipinski definition) is 3. The Kier molecular flexibility index (Phi) is 3.99. The minimum Gasteiger partial charge on any atom is -0.481 e. The lowest BCUT2D eigenvalue weighted by Gasteiger charge is -2.15. The number of rotatable bonds is 3. The van der Waals surface area contributed by atoms with E-state index in [2.05, 4.69) is 0 Å². The molecule has 1 N–H and O–H groups in total. The van der Waals surface area contributed by atoms with Crippen LogP contribution in [0.25, 0.3) is 11.0 Å². The molecule has 1 aromatic heterocycles. The van der Waals surface area contributed by atoms with E-state index < -0.39 is 11.9 Å². The van der Waals surface area contributed by atoms with Gasteiger partial charge in [0.05, 0.1) is 5.92 Å². The second-order valence-electron chi connectivity index (χ2n) is 6.82. The highest BCUT2D eigenvalue weighted by Gasteiger charge is 2.41. The number of fused-ring (bicyclic) bond motifs is 1. The summed E-state index contributed by atoms with van der Waals surface area (Å²) < 4.78 is 5.70. The number of carboxylic acid groups (broad SMARTS) is 1. The van der Waals surface area contributed by atoms with Crippen molar-refractivity contribution in [3.05, 3.63) is 71.5 Å². The Balaban J connectivity index is 1.62. The molecular weight excluding hydrogens is 330 g/mol. The number of furan rings is 1. The summed E-state index contributed by atoms with van der Waals surface area (Å²) in [4.78, 5) is 26.2. The molecule has 0 radical (unpaired) electrons. The highest BCUT2D eigenvalue weighted by molar-refractivity contribution is 5.96. The Morgan fingerprint density at radius 3 is 2.58 bits per heavy atom. The third-order valence-electron chi connectivity index (χ3n) is 5.03. The van der Waals surface area contributed by atoms with Gasteiger partial charge in [0.15, 0.2) is 5.76 Å². The first-order valence-corrected chi connectivity index (χ1v) is 8.60. The number of likely N-dealkylation sites (tertiary alicyclic amines) is 1. The van der Waals surface area contributed by atoms with E-state index in [1.807, 2.05) is 55.5 Å². The maximum atomic E-state index is 12.9. The Morgan fingerprint density at radius 2 is 1.85 bits per heavy atom. The van der Waals surface area contributed by atoms with Gasteiger partial charge in [0.25, 0.3) is 5.91 Å². The topological polar surface area (TPSA) is 70.8 Å². The van der Waals surface area contributed by atoms with E-state index in [1.54, 1.807) is 11.0 Å². The first kappa shape index (κ1) is 16.4. The van der Waals surface area contributed by atoms with Crippen LogP contribution in [0.2, 0.25) is 0 Å². The SMILES string of the molecule is Cc1ccc2oc(C(=O)N3C[C@@H](C(=O)O)[C@H](c4ccccc4)C3)cc2c1. The number of aliphatic carboxylic acids is 1. The number of carboxylic acids is 1. The summed E-state index contributed by atoms with van der Waals surface area (Å²) in [5, 5.41) is 10.5. The zero-order valence-electron chi connectivity index (χ0n) is 14.4. The fourth-order valence-corrected chi connectivity index (χ4v) is 3.68. The summed E-state index contributed by atoms with van der Waals surface area (Å²) in [5.74, 6) is -1.72. The average molecular weight is 349 g/mol. The second-order valence-corrected chi connectivity index (χ2v) is 6.82. The van der Waals surface area contributed by atoms with Crippen LogP contribution in [0.5, 0.6) is 0 Å². The summed E-state index contributed by atoms with van der Waals surface area (Å²) >= 11 is 0. The third kappa shape index (κ3) is 2.86. The molecule has 1 saturated heterocycles. The van der Waals surface area contributed by atoms with Gasteiger partial charge in [0.1, 0.15) is 5.58 Å². The third-order valence-corrected chi connectivity index (χ3v) is 5.03. The van der Waals surface area contributed by atoms with Crippen molar-refractivity contribution in [2.45, 2.75) is 12.8 Å². The number of carbonyl (C=O) groups excluding carboxylic acids is 1. The Labute approximate surface area is 150 Å². The predicted molar refractivity (Wildman–Crippen MR) is 97.2 cm³/mol. The standard InChI is InChI=1S/C21H19NO4/c1-13-7-8-18-15(9-13)10-19(26-18)20(23)22-11-16(17(12-22)21(24)25)14-5-3-2-4-6-14/h2-10,16-17H,11-12H2,1H3,(H,24,25)/t16-,17+/m0/s1. The van der Waals surface area contributed by atoms with Gasteiger partial charge < -0.3 is 14.4 Å². The molecule has 3 aromatic rings. The molecule has 1 amide bonds. The average Bonchev–Trinajstić information content (AvgIpc) is 3.26. The summed E-state index contributed by atoms with van der Waals surface area (Å²) in [5.41, 5.74) is 2.69. The largest absolute Gasteiger partial charge is 0.481 e. The Bertz CT molecular complexity index is 976. The van der Waals surface area contributed by atoms with Gasteiger partial charge in [-0.05, 0) is 30.7 Å². The first-order valence-electron chi connectivity index (χ1n) is 8.60. The van der Waals surface area contributed by atoms with Crippen molar-refractivity contribution in [1.82, 2.24) is 4.90 Å². The molecule has 5 nitrogen and oxygen atoms in total. The molecule has 2 atom stereocenters. The Morgan fingerprint density at radius 1 is 1.08 bits per heavy atom. The summed E-state index contributed by atoms with van der Waals surface area (Å²) in [6.07, 6.45) is 0. The predicted octanol–water partition coefficient (Wildman–Crippen LogP) is 3.68. The number of nitrogens with zero attached hydrogens (tertiary/aromatic N) is 1. The highest BCUT2D eigenvalue weighted by atomic mass is 16.4. The van der Waals surface area contributed by atoms with Crippen molar-refractivity contribution < 1.29 is 19.1 Å². The molecule has 5 heteroatoms. The van der Waals surface area contributed by atoms with Crippen LogP contribution in [0.3, 0.4) is 0 Å². The molecular formula is C21H19NO4. The maximum Gasteiger partial charge on any atom is 0.308 e. The minimum absolute atomic E-state index is 0.184. The first-order chi connectivity index (χ1) is 12.5. The zero-order valence-corrected chi connectivity index (χ0v) is 14.4. The molecule has 26 heavy (non-hydrogen) atoms. The number of hydrogen-bond donors (Lipinski definition) is 1. The van der Waals surface area contributed by atoms with Crippen LogP contribution in [0.1, 0.15) is 27.6 Å². The van der Waals surface area contributed by atoms with Gasteiger partial charge in [0, 0.05) is 24.4 Å². The molecule has 1 aliphatic heterocycles. The van der Waals surface area contributed by atoms with E-state index in [4.69, 9.17) is 4.42 Å². The molecule has 0 aliphatic carbocycles. The van der Waals surface area contributed by atoms with Crippen molar-refractivity contribution in [2.75, 3.05) is 13.1 Å². The van der Waals surface area contributed by atoms with Gasteiger partial charge in [-0.25, -0.2) is 0 Å². The molecule has 1 aliphatic rings. The Hall–Kier alpha value is -3.08. The second kappa shape index (κ2) is 6.33. The molecule has 4 rings (SSSR count). The van der Waals surface area contributed by atoms with Gasteiger partial charge in [-0.3, -0.25) is 9.59 Å². The van der Waals surface area contributed by atoms with Crippen molar-refractivity contribution in [3.63, 3.8) is 0 Å². The van der Waals surface area contributed by atoms with Gasteiger partial charge in [-0.2, -0.15) is 0 Å². The molecule has 0 saturated carbocycles. The minimum atomic E-state index is -0.880. The lowest BCUT2D eigenvalue weighted by molar-refractivity contribution is -0.141. The number of amides is 1. The monoisotopic (exact) mass is 349 g/mol. The fourth-order valence-electron chi connectivity index (χ4n) is 3.68. The van der Waals surface area contributed by atoms with Crippen molar-refractivity contribution in [3.8, 4) is 0 Å². The van der Waals surface area contributed by atoms with Gasteiger partial charge in [-0.1, -0.05) is 42.0 Å². The smallest absolute Gasteiger partial charge is 0.308 e. The summed E-state index contributed by atoms with van der Waals surface area (Å²) in [6.45, 7) is 2.54. The molecule has 2 heterocycles. The molecule has 0 unspecified atom stereocenters. The van der Waals surface area contributed by atoms with Gasteiger partial charge in [0.2, 0.25) is 0 Å². The van der Waals surface area contributed by atoms with Gasteiger partial charge in [-0.15, -0.1) is 0 Å². The van der Waals surface area contributed by atoms with Crippen LogP contribution in [-0.4, -0.2) is 35.0 Å². The highest BCUT2D eigenvalue weighted by Crippen LogP contribution is 2.34. The summed E-state index contributed by atoms with van der Waals surface area (Å²) in [6, 6.07) is 17.0. The fraction of sp³-hybridized carbons (Fsp3) is 0.238. The normalized spacial score (nSPS) is 19.8. The quantitative estimate of drug-likeness (QED) is 0.783. The molecule has 1 fully saturated rings. The van der Waals surface area contributed by atoms with E-state index in [1.165, 1.54) is 0 Å². The molecule has 0 spiro atoms. The molecule has 132 valence electrons. The van der Waals surface area contributed by atoms with Gasteiger partial charge >= 0.3 is 5.97 Å². The van der Waals surface area contributed by atoms with Crippen molar-refractivity contribution in [1.29, 1.82) is 0 Å². The van der Waals surface area contributed by atoms with Crippen LogP contribution in [0.15, 0.2) is 59.0 Å². The summed E-state index contributed by atoms with van der Waals surface area (Å²) in [7, 11) is 0. The number of benzene rings is 2. The van der Waals surface area contributed by atoms with Crippen LogP contribution in [0.4, 0.5) is 0 Å². The van der Waals surface area contributed by atoms with Crippen molar-refractivity contribution >= 4 is 22.8 Å².